The Kier molecular flexibility index (Phi) is 5.04. The number of imide groups is 1. The minimum atomic E-state index is -0.951. The highest BCUT2D eigenvalue weighted by atomic mass is 35.5. The lowest BCUT2D eigenvalue weighted by molar-refractivity contribution is -0.135. The van der Waals surface area contributed by atoms with Crippen molar-refractivity contribution < 1.29 is 14.4 Å². The number of halogens is 1. The van der Waals surface area contributed by atoms with E-state index in [0.29, 0.717) is 17.9 Å². The molecule has 1 saturated heterocycles. The molecule has 0 aromatic heterocycles. The summed E-state index contributed by atoms with van der Waals surface area (Å²) in [6, 6.07) is 14.3. The van der Waals surface area contributed by atoms with Crippen molar-refractivity contribution in [1.82, 2.24) is 15.5 Å². The molecule has 4 rings (SSSR count). The molecule has 150 valence electrons. The van der Waals surface area contributed by atoms with Crippen LogP contribution in [0.25, 0.3) is 0 Å². The molecule has 6 nitrogen and oxygen atoms in total. The average Bonchev–Trinajstić information content (AvgIpc) is 2.92. The topological polar surface area (TPSA) is 78.5 Å². The van der Waals surface area contributed by atoms with Crippen LogP contribution in [0.3, 0.4) is 0 Å². The van der Waals surface area contributed by atoms with E-state index in [1.54, 1.807) is 12.1 Å². The van der Waals surface area contributed by atoms with Crippen LogP contribution in [-0.4, -0.2) is 34.8 Å². The van der Waals surface area contributed by atoms with Crippen LogP contribution in [0.4, 0.5) is 4.79 Å². The van der Waals surface area contributed by atoms with E-state index in [0.717, 1.165) is 22.4 Å². The quantitative estimate of drug-likeness (QED) is 0.759. The lowest BCUT2D eigenvalue weighted by Crippen LogP contribution is -2.51. The van der Waals surface area contributed by atoms with Gasteiger partial charge in [0.2, 0.25) is 5.91 Å². The van der Waals surface area contributed by atoms with E-state index < -0.39 is 11.6 Å². The number of fused-ring (bicyclic) bond motifs is 1. The number of urea groups is 1. The maximum atomic E-state index is 13.1. The van der Waals surface area contributed by atoms with Gasteiger partial charge in [-0.15, -0.1) is 0 Å². The highest BCUT2D eigenvalue weighted by Gasteiger charge is 2.52. The fourth-order valence-electron chi connectivity index (χ4n) is 4.11. The van der Waals surface area contributed by atoms with Gasteiger partial charge in [-0.2, -0.15) is 0 Å². The van der Waals surface area contributed by atoms with E-state index in [1.807, 2.05) is 43.3 Å². The minimum Gasteiger partial charge on any atom is -0.348 e. The molecule has 2 aromatic carbocycles. The Bertz CT molecular complexity index is 976. The van der Waals surface area contributed by atoms with Crippen molar-refractivity contribution in [3.63, 3.8) is 0 Å². The van der Waals surface area contributed by atoms with Crippen molar-refractivity contribution in [1.29, 1.82) is 0 Å². The van der Waals surface area contributed by atoms with Gasteiger partial charge in [-0.3, -0.25) is 14.5 Å². The summed E-state index contributed by atoms with van der Waals surface area (Å²) in [7, 11) is 0. The van der Waals surface area contributed by atoms with Crippen molar-refractivity contribution in [2.45, 2.75) is 37.8 Å². The third-order valence-electron chi connectivity index (χ3n) is 5.73. The van der Waals surface area contributed by atoms with E-state index in [-0.39, 0.29) is 24.4 Å². The van der Waals surface area contributed by atoms with Gasteiger partial charge in [0.05, 0.1) is 6.04 Å². The SMILES string of the molecule is CC(NC(=O)CN1C(=O)NC2(CCc3ccccc3C2)C1=O)c1ccc(Cl)cc1. The molecule has 29 heavy (non-hydrogen) atoms. The number of nitrogens with zero attached hydrogens (tertiary/aromatic N) is 1. The van der Waals surface area contributed by atoms with Gasteiger partial charge >= 0.3 is 6.03 Å². The summed E-state index contributed by atoms with van der Waals surface area (Å²) in [5, 5.41) is 6.30. The monoisotopic (exact) mass is 411 g/mol. The Balaban J connectivity index is 1.43. The predicted octanol–water partition coefficient (Wildman–Crippen LogP) is 3.00. The molecule has 1 aliphatic carbocycles. The van der Waals surface area contributed by atoms with Gasteiger partial charge in [-0.1, -0.05) is 48.0 Å². The number of nitrogens with one attached hydrogen (secondary N) is 2. The summed E-state index contributed by atoms with van der Waals surface area (Å²) in [5.41, 5.74) is 2.21. The summed E-state index contributed by atoms with van der Waals surface area (Å²) < 4.78 is 0. The first-order valence-electron chi connectivity index (χ1n) is 9.64. The number of benzene rings is 2. The third-order valence-corrected chi connectivity index (χ3v) is 5.98. The fourth-order valence-corrected chi connectivity index (χ4v) is 4.24. The first-order chi connectivity index (χ1) is 13.9. The van der Waals surface area contributed by atoms with E-state index in [9.17, 15) is 14.4 Å². The van der Waals surface area contributed by atoms with Gasteiger partial charge in [0, 0.05) is 11.4 Å². The van der Waals surface area contributed by atoms with Gasteiger partial charge in [0.15, 0.2) is 0 Å². The van der Waals surface area contributed by atoms with E-state index in [1.165, 1.54) is 5.56 Å². The Morgan fingerprint density at radius 1 is 1.17 bits per heavy atom. The molecular formula is C22H22ClN3O3. The van der Waals surface area contributed by atoms with Crippen LogP contribution in [0.15, 0.2) is 48.5 Å². The zero-order valence-electron chi connectivity index (χ0n) is 16.1. The smallest absolute Gasteiger partial charge is 0.325 e. The minimum absolute atomic E-state index is 0.268. The first kappa shape index (κ1) is 19.5. The van der Waals surface area contributed by atoms with Gasteiger partial charge in [-0.25, -0.2) is 4.79 Å². The molecule has 2 aliphatic rings. The normalized spacial score (nSPS) is 21.7. The van der Waals surface area contributed by atoms with Crippen molar-refractivity contribution in [3.05, 3.63) is 70.2 Å². The van der Waals surface area contributed by atoms with Crippen molar-refractivity contribution in [3.8, 4) is 0 Å². The van der Waals surface area contributed by atoms with Crippen LogP contribution in [0, 0.1) is 0 Å². The van der Waals surface area contributed by atoms with E-state index >= 15 is 0 Å². The highest BCUT2D eigenvalue weighted by Crippen LogP contribution is 2.33. The molecule has 1 heterocycles. The maximum absolute atomic E-state index is 13.1. The summed E-state index contributed by atoms with van der Waals surface area (Å²) in [6.45, 7) is 1.54. The molecule has 1 aliphatic heterocycles. The number of aryl methyl sites for hydroxylation is 1. The Morgan fingerprint density at radius 3 is 2.59 bits per heavy atom. The van der Waals surface area contributed by atoms with Crippen LogP contribution in [-0.2, 0) is 22.4 Å². The molecule has 2 aromatic rings. The molecule has 2 atom stereocenters. The molecule has 1 fully saturated rings. The summed E-state index contributed by atoms with van der Waals surface area (Å²) in [5.74, 6) is -0.712. The van der Waals surface area contributed by atoms with E-state index in [4.69, 9.17) is 11.6 Å². The van der Waals surface area contributed by atoms with Crippen LogP contribution in [0.5, 0.6) is 0 Å². The van der Waals surface area contributed by atoms with Crippen molar-refractivity contribution in [2.24, 2.45) is 0 Å². The van der Waals surface area contributed by atoms with Crippen molar-refractivity contribution >= 4 is 29.4 Å². The average molecular weight is 412 g/mol. The number of amides is 4. The molecule has 7 heteroatoms. The Labute approximate surface area is 174 Å². The van der Waals surface area contributed by atoms with E-state index in [2.05, 4.69) is 10.6 Å². The Hall–Kier alpha value is -2.86. The zero-order valence-corrected chi connectivity index (χ0v) is 16.8. The molecule has 0 saturated carbocycles. The van der Waals surface area contributed by atoms with Gasteiger partial charge < -0.3 is 10.6 Å². The molecule has 4 amide bonds. The van der Waals surface area contributed by atoms with Crippen LogP contribution >= 0.6 is 11.6 Å². The highest BCUT2D eigenvalue weighted by molar-refractivity contribution is 6.30. The maximum Gasteiger partial charge on any atom is 0.325 e. The summed E-state index contributed by atoms with van der Waals surface area (Å²) >= 11 is 5.89. The van der Waals surface area contributed by atoms with Crippen LogP contribution in [0.1, 0.15) is 36.1 Å². The number of carbonyl (C=O) groups excluding carboxylic acids is 3. The zero-order chi connectivity index (χ0) is 20.6. The molecule has 2 unspecified atom stereocenters. The number of rotatable bonds is 4. The van der Waals surface area contributed by atoms with Gasteiger partial charge in [-0.05, 0) is 48.6 Å². The van der Waals surface area contributed by atoms with Gasteiger partial charge in [0.1, 0.15) is 12.1 Å². The van der Waals surface area contributed by atoms with Crippen LogP contribution in [0.2, 0.25) is 5.02 Å². The third kappa shape index (κ3) is 3.72. The standard InChI is InChI=1S/C22H22ClN3O3/c1-14(15-6-8-18(23)9-7-15)24-19(27)13-26-20(28)22(25-21(26)29)11-10-16-4-2-3-5-17(16)12-22/h2-9,14H,10-13H2,1H3,(H,24,27)(H,25,29). The lowest BCUT2D eigenvalue weighted by Gasteiger charge is -2.32. The molecule has 0 bridgehead atoms. The molecule has 2 N–H and O–H groups in total. The Morgan fingerprint density at radius 2 is 1.86 bits per heavy atom. The first-order valence-corrected chi connectivity index (χ1v) is 10.0. The second-order valence-electron chi connectivity index (χ2n) is 7.69. The second kappa shape index (κ2) is 7.52. The largest absolute Gasteiger partial charge is 0.348 e. The summed E-state index contributed by atoms with van der Waals surface area (Å²) in [6.07, 6.45) is 1.71. The summed E-state index contributed by atoms with van der Waals surface area (Å²) in [4.78, 5) is 39.1. The number of hydrogen-bond donors (Lipinski definition) is 2. The van der Waals surface area contributed by atoms with Gasteiger partial charge in [0.25, 0.3) is 5.91 Å². The molecular weight excluding hydrogens is 390 g/mol. The predicted molar refractivity (Wildman–Crippen MR) is 109 cm³/mol. The number of hydrogen-bond acceptors (Lipinski definition) is 3. The van der Waals surface area contributed by atoms with Crippen molar-refractivity contribution in [2.75, 3.05) is 6.54 Å². The lowest BCUT2D eigenvalue weighted by atomic mass is 9.78. The van der Waals surface area contributed by atoms with Crippen LogP contribution < -0.4 is 10.6 Å². The second-order valence-corrected chi connectivity index (χ2v) is 8.13. The number of carbonyl (C=O) groups is 3. The fraction of sp³-hybridized carbons (Fsp3) is 0.318. The molecule has 0 radical (unpaired) electrons. The molecule has 1 spiro atoms.